The van der Waals surface area contributed by atoms with E-state index in [1.54, 1.807) is 25.6 Å². The van der Waals surface area contributed by atoms with Crippen LogP contribution in [0.5, 0.6) is 0 Å². The molecule has 0 aliphatic heterocycles. The molecule has 1 heterocycles. The van der Waals surface area contributed by atoms with E-state index in [1.165, 1.54) is 9.87 Å². The summed E-state index contributed by atoms with van der Waals surface area (Å²) in [6, 6.07) is 9.20. The first-order valence-electron chi connectivity index (χ1n) is 8.11. The zero-order valence-electron chi connectivity index (χ0n) is 13.8. The van der Waals surface area contributed by atoms with Crippen LogP contribution in [0.25, 0.3) is 0 Å². The highest BCUT2D eigenvalue weighted by molar-refractivity contribution is 7.89. The third-order valence-corrected chi connectivity index (χ3v) is 6.18. The van der Waals surface area contributed by atoms with Gasteiger partial charge in [-0.3, -0.25) is 4.98 Å². The van der Waals surface area contributed by atoms with Gasteiger partial charge in [0.1, 0.15) is 0 Å². The van der Waals surface area contributed by atoms with Crippen molar-refractivity contribution in [2.24, 2.45) is 0 Å². The summed E-state index contributed by atoms with van der Waals surface area (Å²) in [7, 11) is -1.99. The van der Waals surface area contributed by atoms with Crippen LogP contribution >= 0.6 is 0 Å². The van der Waals surface area contributed by atoms with Crippen LogP contribution in [-0.2, 0) is 34.1 Å². The molecule has 0 saturated carbocycles. The summed E-state index contributed by atoms with van der Waals surface area (Å²) in [6.45, 7) is 0.950. The summed E-state index contributed by atoms with van der Waals surface area (Å²) in [4.78, 5) is 4.43. The van der Waals surface area contributed by atoms with Gasteiger partial charge in [-0.1, -0.05) is 12.1 Å². The number of ether oxygens (including phenoxy) is 1. The fourth-order valence-corrected chi connectivity index (χ4v) is 4.49. The van der Waals surface area contributed by atoms with Gasteiger partial charge in [-0.05, 0) is 54.2 Å². The van der Waals surface area contributed by atoms with Crippen LogP contribution in [0.15, 0.2) is 47.6 Å². The minimum absolute atomic E-state index is 0.288. The van der Waals surface area contributed by atoms with Crippen molar-refractivity contribution < 1.29 is 13.2 Å². The van der Waals surface area contributed by atoms with Crippen molar-refractivity contribution in [3.05, 3.63) is 59.4 Å². The number of aromatic nitrogens is 1. The average molecular weight is 346 g/mol. The summed E-state index contributed by atoms with van der Waals surface area (Å²) in [6.07, 6.45) is 6.47. The molecule has 0 fully saturated rings. The Morgan fingerprint density at radius 2 is 2.04 bits per heavy atom. The van der Waals surface area contributed by atoms with Gasteiger partial charge in [-0.25, -0.2) is 8.42 Å². The lowest BCUT2D eigenvalue weighted by Crippen LogP contribution is -2.33. The van der Waals surface area contributed by atoms with Crippen LogP contribution in [0.4, 0.5) is 0 Å². The van der Waals surface area contributed by atoms with Crippen molar-refractivity contribution in [1.29, 1.82) is 0 Å². The quantitative estimate of drug-likeness (QED) is 0.772. The van der Waals surface area contributed by atoms with Crippen LogP contribution in [0.2, 0.25) is 0 Å². The number of nitrogens with zero attached hydrogens (tertiary/aromatic N) is 2. The lowest BCUT2D eigenvalue weighted by molar-refractivity contribution is 0.177. The molecule has 5 nitrogen and oxygen atoms in total. The number of rotatable bonds is 7. The highest BCUT2D eigenvalue weighted by Gasteiger charge is 2.26. The third kappa shape index (κ3) is 3.66. The third-order valence-electron chi connectivity index (χ3n) is 4.33. The van der Waals surface area contributed by atoms with Crippen molar-refractivity contribution in [2.45, 2.75) is 30.7 Å². The van der Waals surface area contributed by atoms with E-state index in [-0.39, 0.29) is 6.54 Å². The van der Waals surface area contributed by atoms with Gasteiger partial charge in [0.15, 0.2) is 0 Å². The molecule has 0 unspecified atom stereocenters. The fraction of sp³-hybridized carbons (Fsp3) is 0.389. The maximum Gasteiger partial charge on any atom is 0.243 e. The molecule has 1 aliphatic rings. The number of sulfonamides is 1. The molecule has 0 bridgehead atoms. The van der Waals surface area contributed by atoms with Crippen molar-refractivity contribution >= 4 is 10.0 Å². The summed E-state index contributed by atoms with van der Waals surface area (Å²) in [5, 5.41) is 0. The number of hydrogen-bond acceptors (Lipinski definition) is 4. The Hall–Kier alpha value is -1.76. The van der Waals surface area contributed by atoms with E-state index in [0.29, 0.717) is 18.0 Å². The Labute approximate surface area is 143 Å². The maximum absolute atomic E-state index is 13.1. The Balaban J connectivity index is 1.89. The van der Waals surface area contributed by atoms with Gasteiger partial charge in [0.05, 0.1) is 11.5 Å². The van der Waals surface area contributed by atoms with Gasteiger partial charge in [0, 0.05) is 32.6 Å². The molecule has 24 heavy (non-hydrogen) atoms. The van der Waals surface area contributed by atoms with E-state index in [4.69, 9.17) is 4.74 Å². The van der Waals surface area contributed by atoms with E-state index in [1.807, 2.05) is 24.3 Å². The fourth-order valence-electron chi connectivity index (χ4n) is 3.03. The SMILES string of the molecule is COCCN(Cc1cccnc1)S(=O)(=O)c1ccc2c(c1)CCC2. The Morgan fingerprint density at radius 3 is 2.79 bits per heavy atom. The summed E-state index contributed by atoms with van der Waals surface area (Å²) >= 11 is 0. The van der Waals surface area contributed by atoms with Gasteiger partial charge in [0.25, 0.3) is 0 Å². The Bertz CT molecular complexity index is 791. The molecule has 0 radical (unpaired) electrons. The second-order valence-electron chi connectivity index (χ2n) is 5.98. The maximum atomic E-state index is 13.1. The van der Waals surface area contributed by atoms with Crippen LogP contribution in [0, 0.1) is 0 Å². The largest absolute Gasteiger partial charge is 0.383 e. The molecular formula is C18H22N2O3S. The number of aryl methyl sites for hydroxylation is 2. The zero-order chi connectivity index (χ0) is 17.0. The smallest absolute Gasteiger partial charge is 0.243 e. The van der Waals surface area contributed by atoms with Crippen LogP contribution in [0.1, 0.15) is 23.1 Å². The molecule has 1 aromatic heterocycles. The number of methoxy groups -OCH3 is 1. The number of pyridine rings is 1. The molecule has 6 heteroatoms. The first kappa shape index (κ1) is 17.1. The zero-order valence-corrected chi connectivity index (χ0v) is 14.6. The van der Waals surface area contributed by atoms with Crippen molar-refractivity contribution in [3.63, 3.8) is 0 Å². The van der Waals surface area contributed by atoms with Crippen LogP contribution < -0.4 is 0 Å². The molecule has 0 amide bonds. The predicted octanol–water partition coefficient (Wildman–Crippen LogP) is 2.41. The van der Waals surface area contributed by atoms with Crippen LogP contribution in [0.3, 0.4) is 0 Å². The summed E-state index contributed by atoms with van der Waals surface area (Å²) < 4.78 is 32.7. The molecular weight excluding hydrogens is 324 g/mol. The summed E-state index contributed by atoms with van der Waals surface area (Å²) in [5.74, 6) is 0. The molecule has 1 aromatic carbocycles. The van der Waals surface area contributed by atoms with Gasteiger partial charge in [0.2, 0.25) is 10.0 Å². The highest BCUT2D eigenvalue weighted by Crippen LogP contribution is 2.26. The van der Waals surface area contributed by atoms with Crippen molar-refractivity contribution in [3.8, 4) is 0 Å². The predicted molar refractivity (Wildman–Crippen MR) is 92.2 cm³/mol. The van der Waals surface area contributed by atoms with Gasteiger partial charge in [-0.15, -0.1) is 0 Å². The van der Waals surface area contributed by atoms with E-state index in [2.05, 4.69) is 4.98 Å². The first-order valence-corrected chi connectivity index (χ1v) is 9.55. The highest BCUT2D eigenvalue weighted by atomic mass is 32.2. The standard InChI is InChI=1S/C18H22N2O3S/c1-23-11-10-20(14-15-4-3-9-19-13-15)24(21,22)18-8-7-16-5-2-6-17(16)12-18/h3-4,7-9,12-13H,2,5-6,10-11,14H2,1H3. The second-order valence-corrected chi connectivity index (χ2v) is 7.91. The number of fused-ring (bicyclic) bond motifs is 1. The van der Waals surface area contributed by atoms with E-state index >= 15 is 0 Å². The van der Waals surface area contributed by atoms with E-state index < -0.39 is 10.0 Å². The molecule has 2 aromatic rings. The monoisotopic (exact) mass is 346 g/mol. The van der Waals surface area contributed by atoms with E-state index in [0.717, 1.165) is 30.4 Å². The molecule has 0 saturated heterocycles. The van der Waals surface area contributed by atoms with Gasteiger partial charge < -0.3 is 4.74 Å². The Morgan fingerprint density at radius 1 is 1.21 bits per heavy atom. The van der Waals surface area contributed by atoms with Crippen molar-refractivity contribution in [2.75, 3.05) is 20.3 Å². The molecule has 0 atom stereocenters. The summed E-state index contributed by atoms with van der Waals surface area (Å²) in [5.41, 5.74) is 3.28. The lowest BCUT2D eigenvalue weighted by atomic mass is 10.1. The first-order chi connectivity index (χ1) is 11.6. The molecule has 128 valence electrons. The average Bonchev–Trinajstić information content (AvgIpc) is 3.07. The molecule has 0 spiro atoms. The van der Waals surface area contributed by atoms with Crippen LogP contribution in [-0.4, -0.2) is 38.0 Å². The molecule has 0 N–H and O–H groups in total. The molecule has 1 aliphatic carbocycles. The minimum atomic E-state index is -3.57. The number of benzene rings is 1. The van der Waals surface area contributed by atoms with Crippen molar-refractivity contribution in [1.82, 2.24) is 9.29 Å². The number of hydrogen-bond donors (Lipinski definition) is 0. The normalized spacial score (nSPS) is 14.1. The van der Waals surface area contributed by atoms with E-state index in [9.17, 15) is 8.42 Å². The molecule has 3 rings (SSSR count). The Kier molecular flexibility index (Phi) is 5.28. The van der Waals surface area contributed by atoms with Gasteiger partial charge in [-0.2, -0.15) is 4.31 Å². The lowest BCUT2D eigenvalue weighted by Gasteiger charge is -2.22. The minimum Gasteiger partial charge on any atom is -0.383 e. The second kappa shape index (κ2) is 7.42. The van der Waals surface area contributed by atoms with Gasteiger partial charge >= 0.3 is 0 Å². The topological polar surface area (TPSA) is 59.5 Å².